The minimum absolute atomic E-state index is 0.0433. The molecule has 6 nitrogen and oxygen atoms in total. The van der Waals surface area contributed by atoms with Crippen LogP contribution in [0, 0.1) is 11.7 Å². The molecule has 0 spiro atoms. The van der Waals surface area contributed by atoms with E-state index in [0.29, 0.717) is 25.6 Å². The van der Waals surface area contributed by atoms with Crippen LogP contribution in [0.5, 0.6) is 0 Å². The van der Waals surface area contributed by atoms with Gasteiger partial charge in [0.2, 0.25) is 0 Å². The molecule has 154 valence electrons. The average molecular weight is 391 g/mol. The van der Waals surface area contributed by atoms with Crippen molar-refractivity contribution >= 4 is 12.0 Å². The van der Waals surface area contributed by atoms with Crippen LogP contribution in [0.4, 0.5) is 9.18 Å². The Morgan fingerprint density at radius 1 is 1.21 bits per heavy atom. The van der Waals surface area contributed by atoms with E-state index in [1.165, 1.54) is 18.6 Å². The monoisotopic (exact) mass is 391 g/mol. The molecule has 1 aromatic carbocycles. The molecular formula is C21H30FN3O3. The minimum Gasteiger partial charge on any atom is -0.480 e. The van der Waals surface area contributed by atoms with E-state index in [1.54, 1.807) is 12.1 Å². The number of carbonyl (C=O) groups excluding carboxylic acids is 1. The summed E-state index contributed by atoms with van der Waals surface area (Å²) in [5, 5.41) is 12.2. The second-order valence-electron chi connectivity index (χ2n) is 7.84. The van der Waals surface area contributed by atoms with Crippen molar-refractivity contribution in [3.05, 3.63) is 35.6 Å². The lowest BCUT2D eigenvalue weighted by atomic mass is 9.77. The number of urea groups is 1. The third kappa shape index (κ3) is 5.01. The smallest absolute Gasteiger partial charge is 0.317 e. The van der Waals surface area contributed by atoms with Crippen LogP contribution in [0.1, 0.15) is 50.6 Å². The number of rotatable bonds is 7. The van der Waals surface area contributed by atoms with E-state index in [9.17, 15) is 14.0 Å². The number of halogens is 1. The van der Waals surface area contributed by atoms with Gasteiger partial charge in [0.15, 0.2) is 0 Å². The third-order valence-corrected chi connectivity index (χ3v) is 6.14. The summed E-state index contributed by atoms with van der Waals surface area (Å²) >= 11 is 0. The van der Waals surface area contributed by atoms with Crippen molar-refractivity contribution < 1.29 is 19.1 Å². The van der Waals surface area contributed by atoms with E-state index in [0.717, 1.165) is 31.2 Å². The summed E-state index contributed by atoms with van der Waals surface area (Å²) in [6, 6.07) is 6.44. The fourth-order valence-electron chi connectivity index (χ4n) is 4.25. The number of hydrogen-bond acceptors (Lipinski definition) is 3. The first kappa shape index (κ1) is 20.6. The molecule has 1 atom stereocenters. The SMILES string of the molecule is CCN(CC(=O)O)C1CCN(C(=O)NC(c2ccc(F)cc2)C2CCC2)CC1. The lowest BCUT2D eigenvalue weighted by Gasteiger charge is -2.39. The molecule has 7 heteroatoms. The number of hydrogen-bond donors (Lipinski definition) is 2. The summed E-state index contributed by atoms with van der Waals surface area (Å²) in [4.78, 5) is 27.7. The van der Waals surface area contributed by atoms with Gasteiger partial charge in [-0.3, -0.25) is 9.69 Å². The Morgan fingerprint density at radius 2 is 1.86 bits per heavy atom. The summed E-state index contributed by atoms with van der Waals surface area (Å²) in [7, 11) is 0. The van der Waals surface area contributed by atoms with E-state index < -0.39 is 5.97 Å². The zero-order chi connectivity index (χ0) is 20.1. The zero-order valence-electron chi connectivity index (χ0n) is 16.4. The molecule has 3 rings (SSSR count). The number of likely N-dealkylation sites (N-methyl/N-ethyl adjacent to an activating group) is 1. The number of aliphatic carboxylic acids is 1. The van der Waals surface area contributed by atoms with Gasteiger partial charge in [0.05, 0.1) is 12.6 Å². The van der Waals surface area contributed by atoms with Crippen molar-refractivity contribution in [3.63, 3.8) is 0 Å². The summed E-state index contributed by atoms with van der Waals surface area (Å²) in [6.07, 6.45) is 4.87. The first-order chi connectivity index (χ1) is 13.5. The van der Waals surface area contributed by atoms with Crippen LogP contribution >= 0.6 is 0 Å². The highest BCUT2D eigenvalue weighted by Gasteiger charge is 2.32. The van der Waals surface area contributed by atoms with Gasteiger partial charge >= 0.3 is 12.0 Å². The maximum atomic E-state index is 13.3. The summed E-state index contributed by atoms with van der Waals surface area (Å²) < 4.78 is 13.3. The molecule has 2 N–H and O–H groups in total. The Kier molecular flexibility index (Phi) is 6.88. The maximum Gasteiger partial charge on any atom is 0.317 e. The van der Waals surface area contributed by atoms with Crippen LogP contribution < -0.4 is 5.32 Å². The van der Waals surface area contributed by atoms with Gasteiger partial charge in [-0.15, -0.1) is 0 Å². The van der Waals surface area contributed by atoms with Crippen molar-refractivity contribution in [1.29, 1.82) is 0 Å². The lowest BCUT2D eigenvalue weighted by Crippen LogP contribution is -2.51. The number of piperidine rings is 1. The first-order valence-corrected chi connectivity index (χ1v) is 10.2. The highest BCUT2D eigenvalue weighted by atomic mass is 19.1. The molecule has 1 heterocycles. The molecule has 0 radical (unpaired) electrons. The van der Waals surface area contributed by atoms with Crippen LogP contribution in [0.2, 0.25) is 0 Å². The normalized spacial score (nSPS) is 19.3. The van der Waals surface area contributed by atoms with Gasteiger partial charge in [0.25, 0.3) is 0 Å². The molecule has 1 aromatic rings. The first-order valence-electron chi connectivity index (χ1n) is 10.2. The Hall–Kier alpha value is -2.15. The summed E-state index contributed by atoms with van der Waals surface area (Å²) in [5.41, 5.74) is 0.952. The van der Waals surface area contributed by atoms with Gasteiger partial charge in [-0.25, -0.2) is 9.18 Å². The van der Waals surface area contributed by atoms with E-state index in [4.69, 9.17) is 5.11 Å². The minimum atomic E-state index is -0.815. The number of amides is 2. The van der Waals surface area contributed by atoms with Gasteiger partial charge < -0.3 is 15.3 Å². The summed E-state index contributed by atoms with van der Waals surface area (Å²) in [6.45, 7) is 3.94. The maximum absolute atomic E-state index is 13.3. The van der Waals surface area contributed by atoms with E-state index in [-0.39, 0.29) is 30.5 Å². The fraction of sp³-hybridized carbons (Fsp3) is 0.619. The van der Waals surface area contributed by atoms with Crippen LogP contribution in [0.25, 0.3) is 0 Å². The number of carboxylic acid groups (broad SMARTS) is 1. The van der Waals surface area contributed by atoms with Crippen molar-refractivity contribution in [1.82, 2.24) is 15.1 Å². The van der Waals surface area contributed by atoms with Crippen LogP contribution in [0.3, 0.4) is 0 Å². The molecule has 0 bridgehead atoms. The van der Waals surface area contributed by atoms with Gasteiger partial charge in [-0.05, 0) is 55.8 Å². The van der Waals surface area contributed by atoms with Crippen LogP contribution in [-0.4, -0.2) is 59.1 Å². The van der Waals surface area contributed by atoms with Gasteiger partial charge in [0.1, 0.15) is 5.82 Å². The van der Waals surface area contributed by atoms with Gasteiger partial charge in [0, 0.05) is 19.1 Å². The zero-order valence-corrected chi connectivity index (χ0v) is 16.4. The van der Waals surface area contributed by atoms with Crippen molar-refractivity contribution in [2.75, 3.05) is 26.2 Å². The van der Waals surface area contributed by atoms with Crippen molar-refractivity contribution in [3.8, 4) is 0 Å². The molecule has 1 saturated carbocycles. The number of carbonyl (C=O) groups is 2. The van der Waals surface area contributed by atoms with Crippen molar-refractivity contribution in [2.24, 2.45) is 5.92 Å². The summed E-state index contributed by atoms with van der Waals surface area (Å²) in [5.74, 6) is -0.686. The molecule has 0 aromatic heterocycles. The molecule has 2 aliphatic rings. The van der Waals surface area contributed by atoms with Gasteiger partial charge in [-0.2, -0.15) is 0 Å². The third-order valence-electron chi connectivity index (χ3n) is 6.14. The van der Waals surface area contributed by atoms with E-state index >= 15 is 0 Å². The molecule has 1 aliphatic heterocycles. The molecule has 1 aliphatic carbocycles. The predicted octanol–water partition coefficient (Wildman–Crippen LogP) is 3.25. The molecule has 2 amide bonds. The molecular weight excluding hydrogens is 361 g/mol. The molecule has 28 heavy (non-hydrogen) atoms. The Morgan fingerprint density at radius 3 is 2.36 bits per heavy atom. The van der Waals surface area contributed by atoms with Crippen molar-refractivity contribution in [2.45, 2.75) is 51.1 Å². The lowest BCUT2D eigenvalue weighted by molar-refractivity contribution is -0.139. The van der Waals surface area contributed by atoms with Gasteiger partial charge in [-0.1, -0.05) is 25.5 Å². The standard InChI is InChI=1S/C21H30FN3O3/c1-2-24(14-19(26)27)18-10-12-25(13-11-18)21(28)23-20(15-4-3-5-15)16-6-8-17(22)9-7-16/h6-9,15,18,20H,2-5,10-14H2,1H3,(H,23,28)(H,26,27). The fourth-order valence-corrected chi connectivity index (χ4v) is 4.25. The number of carboxylic acids is 1. The highest BCUT2D eigenvalue weighted by molar-refractivity contribution is 5.75. The number of nitrogens with one attached hydrogen (secondary N) is 1. The topological polar surface area (TPSA) is 72.9 Å². The second kappa shape index (κ2) is 9.37. The molecule has 1 saturated heterocycles. The Balaban J connectivity index is 1.57. The predicted molar refractivity (Wildman–Crippen MR) is 104 cm³/mol. The Bertz CT molecular complexity index is 670. The van der Waals surface area contributed by atoms with Crippen LogP contribution in [-0.2, 0) is 4.79 Å². The highest BCUT2D eigenvalue weighted by Crippen LogP contribution is 2.38. The number of nitrogens with zero attached hydrogens (tertiary/aromatic N) is 2. The number of benzene rings is 1. The average Bonchev–Trinajstić information content (AvgIpc) is 2.65. The molecule has 2 fully saturated rings. The number of likely N-dealkylation sites (tertiary alicyclic amines) is 1. The second-order valence-corrected chi connectivity index (χ2v) is 7.84. The quantitative estimate of drug-likeness (QED) is 0.748. The Labute approximate surface area is 165 Å². The van der Waals surface area contributed by atoms with E-state index in [2.05, 4.69) is 5.32 Å². The molecule has 1 unspecified atom stereocenters. The van der Waals surface area contributed by atoms with Crippen LogP contribution in [0.15, 0.2) is 24.3 Å². The van der Waals surface area contributed by atoms with E-state index in [1.807, 2.05) is 16.7 Å². The largest absolute Gasteiger partial charge is 0.480 e.